The van der Waals surface area contributed by atoms with Gasteiger partial charge in [-0.05, 0) is 35.4 Å². The lowest BCUT2D eigenvalue weighted by Crippen LogP contribution is -2.21. The normalized spacial score (nSPS) is 11.2. The van der Waals surface area contributed by atoms with E-state index in [1.54, 1.807) is 7.11 Å². The minimum Gasteiger partial charge on any atom is -0.497 e. The van der Waals surface area contributed by atoms with Crippen molar-refractivity contribution in [3.63, 3.8) is 0 Å². The number of hydrogen-bond acceptors (Lipinski definition) is 4. The van der Waals surface area contributed by atoms with E-state index in [0.717, 1.165) is 28.8 Å². The van der Waals surface area contributed by atoms with Crippen molar-refractivity contribution in [1.82, 2.24) is 4.72 Å². The standard InChI is InChI=1S/C16H20N2O3S/c1-21-16-5-3-4-14(10-16)11-17-15-8-6-13(7-9-15)12-18-22(2,19)20/h3-10,17-18H,11-12H2,1-2H3. The predicted octanol–water partition coefficient (Wildman–Crippen LogP) is 2.36. The number of rotatable bonds is 7. The molecule has 0 aliphatic carbocycles. The Labute approximate surface area is 131 Å². The molecular weight excluding hydrogens is 300 g/mol. The summed E-state index contributed by atoms with van der Waals surface area (Å²) in [7, 11) is -1.51. The molecule has 6 heteroatoms. The largest absolute Gasteiger partial charge is 0.497 e. The molecule has 0 aliphatic heterocycles. The first-order chi connectivity index (χ1) is 10.5. The van der Waals surface area contributed by atoms with E-state index in [9.17, 15) is 8.42 Å². The Morgan fingerprint density at radius 1 is 1.00 bits per heavy atom. The van der Waals surface area contributed by atoms with Crippen molar-refractivity contribution in [2.45, 2.75) is 13.1 Å². The highest BCUT2D eigenvalue weighted by Gasteiger charge is 2.01. The van der Waals surface area contributed by atoms with E-state index in [0.29, 0.717) is 13.1 Å². The Morgan fingerprint density at radius 2 is 1.73 bits per heavy atom. The molecule has 2 aromatic carbocycles. The van der Waals surface area contributed by atoms with Crippen LogP contribution < -0.4 is 14.8 Å². The first kappa shape index (κ1) is 16.3. The summed E-state index contributed by atoms with van der Waals surface area (Å²) in [5.74, 6) is 0.835. The van der Waals surface area contributed by atoms with Gasteiger partial charge in [-0.3, -0.25) is 0 Å². The fourth-order valence-electron chi connectivity index (χ4n) is 1.94. The maximum atomic E-state index is 11.0. The molecule has 0 aliphatic rings. The third-order valence-corrected chi connectivity index (χ3v) is 3.79. The third-order valence-electron chi connectivity index (χ3n) is 3.12. The van der Waals surface area contributed by atoms with Gasteiger partial charge in [0.1, 0.15) is 5.75 Å². The van der Waals surface area contributed by atoms with E-state index in [1.807, 2.05) is 48.5 Å². The van der Waals surface area contributed by atoms with Crippen LogP contribution in [0.4, 0.5) is 5.69 Å². The zero-order valence-electron chi connectivity index (χ0n) is 12.7. The van der Waals surface area contributed by atoms with Crippen LogP contribution in [-0.4, -0.2) is 21.8 Å². The third kappa shape index (κ3) is 5.38. The lowest BCUT2D eigenvalue weighted by Gasteiger charge is -2.09. The van der Waals surface area contributed by atoms with Crippen molar-refractivity contribution in [3.8, 4) is 5.75 Å². The zero-order valence-corrected chi connectivity index (χ0v) is 13.5. The highest BCUT2D eigenvalue weighted by molar-refractivity contribution is 7.88. The van der Waals surface area contributed by atoms with Gasteiger partial charge >= 0.3 is 0 Å². The summed E-state index contributed by atoms with van der Waals surface area (Å²) in [6.07, 6.45) is 1.15. The van der Waals surface area contributed by atoms with Crippen LogP contribution in [0, 0.1) is 0 Å². The van der Waals surface area contributed by atoms with Crippen LogP contribution in [0.5, 0.6) is 5.75 Å². The maximum absolute atomic E-state index is 11.0. The smallest absolute Gasteiger partial charge is 0.209 e. The summed E-state index contributed by atoms with van der Waals surface area (Å²) in [5.41, 5.74) is 3.02. The van der Waals surface area contributed by atoms with E-state index in [-0.39, 0.29) is 0 Å². The zero-order chi connectivity index (χ0) is 16.0. The molecule has 2 rings (SSSR count). The van der Waals surface area contributed by atoms with Gasteiger partial charge in [-0.1, -0.05) is 24.3 Å². The second-order valence-corrected chi connectivity index (χ2v) is 6.83. The van der Waals surface area contributed by atoms with Gasteiger partial charge in [0.15, 0.2) is 0 Å². The van der Waals surface area contributed by atoms with Crippen LogP contribution in [0.25, 0.3) is 0 Å². The number of methoxy groups -OCH3 is 1. The van der Waals surface area contributed by atoms with Gasteiger partial charge in [0.2, 0.25) is 10.0 Å². The van der Waals surface area contributed by atoms with Gasteiger partial charge in [0, 0.05) is 18.8 Å². The molecule has 0 radical (unpaired) electrons. The first-order valence-corrected chi connectivity index (χ1v) is 8.76. The molecule has 2 aromatic rings. The van der Waals surface area contributed by atoms with E-state index in [4.69, 9.17) is 4.74 Å². The maximum Gasteiger partial charge on any atom is 0.209 e. The van der Waals surface area contributed by atoms with Crippen molar-refractivity contribution in [2.75, 3.05) is 18.7 Å². The van der Waals surface area contributed by atoms with Crippen LogP contribution in [0.15, 0.2) is 48.5 Å². The van der Waals surface area contributed by atoms with Gasteiger partial charge in [-0.15, -0.1) is 0 Å². The average molecular weight is 320 g/mol. The van der Waals surface area contributed by atoms with E-state index >= 15 is 0 Å². The number of anilines is 1. The second-order valence-electron chi connectivity index (χ2n) is 5.00. The monoisotopic (exact) mass is 320 g/mol. The number of benzene rings is 2. The highest BCUT2D eigenvalue weighted by atomic mass is 32.2. The highest BCUT2D eigenvalue weighted by Crippen LogP contribution is 2.15. The number of nitrogens with one attached hydrogen (secondary N) is 2. The average Bonchev–Trinajstić information content (AvgIpc) is 2.51. The van der Waals surface area contributed by atoms with Crippen LogP contribution in [0.1, 0.15) is 11.1 Å². The van der Waals surface area contributed by atoms with Crippen molar-refractivity contribution >= 4 is 15.7 Å². The molecule has 0 saturated carbocycles. The Balaban J connectivity index is 1.91. The SMILES string of the molecule is COc1cccc(CNc2ccc(CNS(C)(=O)=O)cc2)c1. The lowest BCUT2D eigenvalue weighted by atomic mass is 10.2. The summed E-state index contributed by atoms with van der Waals surface area (Å²) in [6, 6.07) is 15.5. The molecule has 2 N–H and O–H groups in total. The van der Waals surface area contributed by atoms with Crippen molar-refractivity contribution < 1.29 is 13.2 Å². The number of hydrogen-bond donors (Lipinski definition) is 2. The summed E-state index contributed by atoms with van der Waals surface area (Å²) >= 11 is 0. The van der Waals surface area contributed by atoms with Crippen LogP contribution in [0.2, 0.25) is 0 Å². The molecule has 5 nitrogen and oxygen atoms in total. The van der Waals surface area contributed by atoms with Gasteiger partial charge < -0.3 is 10.1 Å². The predicted molar refractivity (Wildman–Crippen MR) is 88.4 cm³/mol. The van der Waals surface area contributed by atoms with Crippen molar-refractivity contribution in [2.24, 2.45) is 0 Å². The summed E-state index contributed by atoms with van der Waals surface area (Å²) < 4.78 is 29.8. The van der Waals surface area contributed by atoms with E-state index in [2.05, 4.69) is 10.0 Å². The number of ether oxygens (including phenoxy) is 1. The minimum absolute atomic E-state index is 0.301. The molecule has 0 atom stereocenters. The van der Waals surface area contributed by atoms with Crippen LogP contribution in [0.3, 0.4) is 0 Å². The Bertz CT molecular complexity index is 712. The Hall–Kier alpha value is -2.05. The van der Waals surface area contributed by atoms with Crippen molar-refractivity contribution in [1.29, 1.82) is 0 Å². The van der Waals surface area contributed by atoms with Gasteiger partial charge in [-0.25, -0.2) is 13.1 Å². The Kier molecular flexibility index (Phi) is 5.41. The fraction of sp³-hybridized carbons (Fsp3) is 0.250. The molecule has 0 heterocycles. The van der Waals surface area contributed by atoms with Crippen molar-refractivity contribution in [3.05, 3.63) is 59.7 Å². The van der Waals surface area contributed by atoms with Crippen LogP contribution in [-0.2, 0) is 23.1 Å². The van der Waals surface area contributed by atoms with Crippen LogP contribution >= 0.6 is 0 Å². The topological polar surface area (TPSA) is 67.4 Å². The summed E-state index contributed by atoms with van der Waals surface area (Å²) in [4.78, 5) is 0. The molecular formula is C16H20N2O3S. The molecule has 0 bridgehead atoms. The second kappa shape index (κ2) is 7.29. The summed E-state index contributed by atoms with van der Waals surface area (Å²) in [5, 5.41) is 3.32. The van der Waals surface area contributed by atoms with E-state index in [1.165, 1.54) is 0 Å². The quantitative estimate of drug-likeness (QED) is 0.822. The molecule has 0 unspecified atom stereocenters. The lowest BCUT2D eigenvalue weighted by molar-refractivity contribution is 0.414. The van der Waals surface area contributed by atoms with E-state index < -0.39 is 10.0 Å². The molecule has 0 spiro atoms. The fourth-order valence-corrected chi connectivity index (χ4v) is 2.37. The molecule has 0 amide bonds. The Morgan fingerprint density at radius 3 is 2.36 bits per heavy atom. The molecule has 0 saturated heterocycles. The molecule has 22 heavy (non-hydrogen) atoms. The van der Waals surface area contributed by atoms with Gasteiger partial charge in [0.05, 0.1) is 13.4 Å². The van der Waals surface area contributed by atoms with Gasteiger partial charge in [0.25, 0.3) is 0 Å². The molecule has 0 aromatic heterocycles. The number of sulfonamides is 1. The minimum atomic E-state index is -3.16. The summed E-state index contributed by atoms with van der Waals surface area (Å²) in [6.45, 7) is 0.993. The first-order valence-electron chi connectivity index (χ1n) is 6.87. The molecule has 0 fully saturated rings. The van der Waals surface area contributed by atoms with Gasteiger partial charge in [-0.2, -0.15) is 0 Å². The molecule has 118 valence electrons.